The number of halogens is 1. The zero-order chi connectivity index (χ0) is 24.4. The number of pyridine rings is 1. The number of anilines is 2. The fourth-order valence-electron chi connectivity index (χ4n) is 3.51. The van der Waals surface area contributed by atoms with Crippen LogP contribution in [0.5, 0.6) is 0 Å². The highest BCUT2D eigenvalue weighted by atomic mass is 32.2. The predicted molar refractivity (Wildman–Crippen MR) is 125 cm³/mol. The predicted octanol–water partition coefficient (Wildman–Crippen LogP) is 2.32. The Morgan fingerprint density at radius 1 is 1.21 bits per heavy atom. The highest BCUT2D eigenvalue weighted by molar-refractivity contribution is 7.79. The molecule has 0 saturated carbocycles. The Kier molecular flexibility index (Phi) is 6.36. The lowest BCUT2D eigenvalue weighted by Gasteiger charge is -2.17. The molecule has 5 N–H and O–H groups in total. The lowest BCUT2D eigenvalue weighted by molar-refractivity contribution is 0.202. The van der Waals surface area contributed by atoms with Crippen molar-refractivity contribution in [2.45, 2.75) is 19.5 Å². The first kappa shape index (κ1) is 23.0. The third kappa shape index (κ3) is 4.64. The van der Waals surface area contributed by atoms with E-state index in [1.165, 1.54) is 12.3 Å². The van der Waals surface area contributed by atoms with Gasteiger partial charge in [-0.3, -0.25) is 0 Å². The number of nitrogens with one attached hydrogen (secondary N) is 1. The second-order valence-corrected chi connectivity index (χ2v) is 8.31. The summed E-state index contributed by atoms with van der Waals surface area (Å²) in [6, 6.07) is 9.20. The molecule has 3 aromatic heterocycles. The highest BCUT2D eigenvalue weighted by Crippen LogP contribution is 2.30. The molecule has 0 aliphatic heterocycles. The molecule has 4 rings (SSSR count). The molecule has 1 aromatic carbocycles. The van der Waals surface area contributed by atoms with Gasteiger partial charge in [-0.05, 0) is 25.1 Å². The molecule has 0 spiro atoms. The fraction of sp³-hybridized carbons (Fsp3) is 0.190. The number of nitrogens with zero attached hydrogens (tertiary/aromatic N) is 5. The molecule has 2 unspecified atom stereocenters. The Morgan fingerprint density at radius 3 is 2.59 bits per heavy atom. The van der Waals surface area contributed by atoms with Crippen LogP contribution in [0.4, 0.5) is 20.8 Å². The van der Waals surface area contributed by atoms with E-state index in [-0.39, 0.29) is 35.4 Å². The quantitative estimate of drug-likeness (QED) is 0.372. The summed E-state index contributed by atoms with van der Waals surface area (Å²) >= 11 is -1.78. The minimum atomic E-state index is -1.78. The van der Waals surface area contributed by atoms with Crippen molar-refractivity contribution in [3.63, 3.8) is 0 Å². The van der Waals surface area contributed by atoms with Gasteiger partial charge in [-0.25, -0.2) is 33.0 Å². The number of nitrogens with two attached hydrogens (primary N) is 2. The van der Waals surface area contributed by atoms with E-state index in [9.17, 15) is 13.4 Å². The van der Waals surface area contributed by atoms with Crippen molar-refractivity contribution in [3.05, 3.63) is 59.5 Å². The lowest BCUT2D eigenvalue weighted by atomic mass is 10.1. The van der Waals surface area contributed by atoms with Crippen LogP contribution < -0.4 is 16.8 Å². The van der Waals surface area contributed by atoms with E-state index in [0.29, 0.717) is 22.3 Å². The van der Waals surface area contributed by atoms with Gasteiger partial charge in [-0.1, -0.05) is 18.2 Å². The summed E-state index contributed by atoms with van der Waals surface area (Å²) in [5, 5.41) is 7.67. The summed E-state index contributed by atoms with van der Waals surface area (Å²) < 4.78 is 31.4. The SMILES string of the molecule is CC(NC(=O)OS(C)=O)c1c(N)nc(-c2nn(Cc3ccccc3F)c3ncccc23)nc1N. The van der Waals surface area contributed by atoms with E-state index in [0.717, 1.165) is 0 Å². The number of amides is 1. The van der Waals surface area contributed by atoms with E-state index < -0.39 is 23.2 Å². The summed E-state index contributed by atoms with van der Waals surface area (Å²) in [5.74, 6) is -0.166. The Hall–Kier alpha value is -4.13. The molecular formula is C21H21FN8O3S. The summed E-state index contributed by atoms with van der Waals surface area (Å²) in [7, 11) is 0. The molecule has 0 aliphatic carbocycles. The van der Waals surface area contributed by atoms with Gasteiger partial charge in [-0.2, -0.15) is 5.10 Å². The van der Waals surface area contributed by atoms with Crippen LogP contribution in [0.3, 0.4) is 0 Å². The monoisotopic (exact) mass is 484 g/mol. The van der Waals surface area contributed by atoms with Gasteiger partial charge in [-0.15, -0.1) is 0 Å². The van der Waals surface area contributed by atoms with Crippen LogP contribution in [0.2, 0.25) is 0 Å². The molecule has 0 saturated heterocycles. The number of rotatable bonds is 6. The average molecular weight is 485 g/mol. The maximum atomic E-state index is 14.2. The van der Waals surface area contributed by atoms with E-state index in [4.69, 9.17) is 11.5 Å². The number of benzene rings is 1. The molecule has 11 nitrogen and oxygen atoms in total. The Bertz CT molecular complexity index is 1390. The molecule has 13 heteroatoms. The fourth-order valence-corrected chi connectivity index (χ4v) is 3.77. The molecule has 4 aromatic rings. The van der Waals surface area contributed by atoms with E-state index >= 15 is 0 Å². The second kappa shape index (κ2) is 9.39. The van der Waals surface area contributed by atoms with Crippen LogP contribution in [0.15, 0.2) is 42.6 Å². The zero-order valence-corrected chi connectivity index (χ0v) is 19.0. The molecule has 0 bridgehead atoms. The Morgan fingerprint density at radius 2 is 1.91 bits per heavy atom. The normalized spacial score (nSPS) is 12.9. The first-order chi connectivity index (χ1) is 16.2. The van der Waals surface area contributed by atoms with Gasteiger partial charge in [0.25, 0.3) is 0 Å². The first-order valence-electron chi connectivity index (χ1n) is 10.0. The topological polar surface area (TPSA) is 164 Å². The van der Waals surface area contributed by atoms with E-state index in [1.54, 1.807) is 48.1 Å². The van der Waals surface area contributed by atoms with Crippen molar-refractivity contribution in [1.82, 2.24) is 30.0 Å². The van der Waals surface area contributed by atoms with Crippen molar-refractivity contribution in [1.29, 1.82) is 0 Å². The molecule has 2 atom stereocenters. The summed E-state index contributed by atoms with van der Waals surface area (Å²) in [4.78, 5) is 24.8. The van der Waals surface area contributed by atoms with Crippen molar-refractivity contribution in [2.75, 3.05) is 17.7 Å². The third-order valence-corrected chi connectivity index (χ3v) is 5.35. The Labute approximate surface area is 196 Å². The summed E-state index contributed by atoms with van der Waals surface area (Å²) in [5.41, 5.74) is 13.9. The standard InChI is InChI=1S/C21H21FN8O3S/c1-11(26-21(31)33-34(2)32)15-17(23)27-19(28-18(15)24)16-13-7-5-9-25-20(13)30(29-16)10-12-6-3-4-8-14(12)22/h3-9,11H,10H2,1-2H3,(H,26,31)(H4,23,24,27,28). The summed E-state index contributed by atoms with van der Waals surface area (Å²) in [6.07, 6.45) is 1.92. The van der Waals surface area contributed by atoms with Gasteiger partial charge < -0.3 is 21.0 Å². The van der Waals surface area contributed by atoms with Crippen molar-refractivity contribution < 1.29 is 17.6 Å². The van der Waals surface area contributed by atoms with Crippen LogP contribution in [0, 0.1) is 5.82 Å². The van der Waals surface area contributed by atoms with Crippen LogP contribution in [0.25, 0.3) is 22.6 Å². The third-order valence-electron chi connectivity index (χ3n) is 4.96. The molecule has 0 fully saturated rings. The number of hydrogen-bond acceptors (Lipinski definition) is 9. The van der Waals surface area contributed by atoms with Crippen LogP contribution in [0.1, 0.15) is 24.1 Å². The van der Waals surface area contributed by atoms with E-state index in [1.807, 2.05) is 0 Å². The van der Waals surface area contributed by atoms with Gasteiger partial charge in [0.2, 0.25) is 11.1 Å². The van der Waals surface area contributed by atoms with E-state index in [2.05, 4.69) is 29.6 Å². The van der Waals surface area contributed by atoms with Crippen LogP contribution in [-0.2, 0) is 21.8 Å². The van der Waals surface area contributed by atoms with Gasteiger partial charge in [0.05, 0.1) is 23.5 Å². The van der Waals surface area contributed by atoms with Gasteiger partial charge in [0.15, 0.2) is 11.5 Å². The Balaban J connectivity index is 1.72. The minimum absolute atomic E-state index is 0.0219. The number of carbonyl (C=O) groups excluding carboxylic acids is 1. The first-order valence-corrected chi connectivity index (χ1v) is 11.5. The van der Waals surface area contributed by atoms with Crippen molar-refractivity contribution in [2.24, 2.45) is 0 Å². The number of carbonyl (C=O) groups is 1. The summed E-state index contributed by atoms with van der Waals surface area (Å²) in [6.45, 7) is 1.75. The second-order valence-electron chi connectivity index (χ2n) is 7.34. The molecule has 3 heterocycles. The maximum Gasteiger partial charge on any atom is 0.421 e. The molecule has 0 aliphatic rings. The minimum Gasteiger partial charge on any atom is -0.383 e. The number of aromatic nitrogens is 5. The van der Waals surface area contributed by atoms with Crippen molar-refractivity contribution in [3.8, 4) is 11.5 Å². The van der Waals surface area contributed by atoms with Gasteiger partial charge in [0.1, 0.15) is 23.1 Å². The van der Waals surface area contributed by atoms with Crippen LogP contribution in [-0.4, -0.2) is 41.3 Å². The maximum absolute atomic E-state index is 14.2. The largest absolute Gasteiger partial charge is 0.421 e. The molecule has 0 radical (unpaired) electrons. The molecule has 176 valence electrons. The number of hydrogen-bond donors (Lipinski definition) is 3. The average Bonchev–Trinajstić information content (AvgIpc) is 3.13. The molecular weight excluding hydrogens is 463 g/mol. The molecule has 34 heavy (non-hydrogen) atoms. The highest BCUT2D eigenvalue weighted by Gasteiger charge is 2.23. The zero-order valence-electron chi connectivity index (χ0n) is 18.2. The number of fused-ring (bicyclic) bond motifs is 1. The smallest absolute Gasteiger partial charge is 0.383 e. The van der Waals surface area contributed by atoms with Gasteiger partial charge >= 0.3 is 6.09 Å². The number of nitrogen functional groups attached to an aromatic ring is 2. The van der Waals surface area contributed by atoms with Crippen LogP contribution >= 0.6 is 0 Å². The van der Waals surface area contributed by atoms with Crippen molar-refractivity contribution >= 4 is 39.8 Å². The lowest BCUT2D eigenvalue weighted by Crippen LogP contribution is -2.29. The molecule has 1 amide bonds. The van der Waals surface area contributed by atoms with Gasteiger partial charge in [0, 0.05) is 18.0 Å².